The third kappa shape index (κ3) is 5.01. The number of halogens is 3. The fourth-order valence-electron chi connectivity index (χ4n) is 3.58. The van der Waals surface area contributed by atoms with Crippen molar-refractivity contribution in [3.8, 4) is 11.1 Å². The van der Waals surface area contributed by atoms with E-state index in [0.29, 0.717) is 0 Å². The molecule has 1 aliphatic rings. The van der Waals surface area contributed by atoms with Gasteiger partial charge in [0.1, 0.15) is 12.6 Å². The quantitative estimate of drug-likeness (QED) is 0.601. The molecule has 0 bridgehead atoms. The molecule has 0 aliphatic heterocycles. The van der Waals surface area contributed by atoms with Crippen LogP contribution in [0.25, 0.3) is 11.1 Å². The molecule has 7 nitrogen and oxygen atoms in total. The highest BCUT2D eigenvalue weighted by molar-refractivity contribution is 5.86. The number of hydrogen-bond donors (Lipinski definition) is 3. The van der Waals surface area contributed by atoms with Crippen molar-refractivity contribution in [2.75, 3.05) is 13.2 Å². The Kier molecular flexibility index (Phi) is 6.71. The molecule has 170 valence electrons. The number of carboxylic acid groups (broad SMARTS) is 1. The summed E-state index contributed by atoms with van der Waals surface area (Å²) in [6.07, 6.45) is -5.93. The van der Waals surface area contributed by atoms with Crippen LogP contribution < -0.4 is 10.6 Å². The summed E-state index contributed by atoms with van der Waals surface area (Å²) >= 11 is 0. The molecule has 1 unspecified atom stereocenters. The number of alkyl carbamates (subject to hydrolysis) is 1. The number of alkyl halides is 3. The third-order valence-electron chi connectivity index (χ3n) is 5.24. The molecule has 1 aliphatic carbocycles. The van der Waals surface area contributed by atoms with Gasteiger partial charge >= 0.3 is 18.2 Å². The largest absolute Gasteiger partial charge is 0.481 e. The average molecular weight is 450 g/mol. The highest BCUT2D eigenvalue weighted by Gasteiger charge is 2.45. The normalized spacial score (nSPS) is 14.6. The zero-order chi connectivity index (χ0) is 23.5. The van der Waals surface area contributed by atoms with Gasteiger partial charge in [-0.15, -0.1) is 0 Å². The SMILES string of the molecule is C[C@@H](NC(=O)OCC1c2ccccc2-c2ccccc21)C(=O)NCC(C(=O)O)C(F)(F)F. The van der Waals surface area contributed by atoms with Crippen molar-refractivity contribution in [2.24, 2.45) is 5.92 Å². The van der Waals surface area contributed by atoms with Crippen LogP contribution >= 0.6 is 0 Å². The minimum atomic E-state index is -5.01. The van der Waals surface area contributed by atoms with Crippen molar-refractivity contribution in [1.29, 1.82) is 0 Å². The van der Waals surface area contributed by atoms with Crippen molar-refractivity contribution in [3.63, 3.8) is 0 Å². The predicted molar refractivity (Wildman–Crippen MR) is 108 cm³/mol. The predicted octanol–water partition coefficient (Wildman–Crippen LogP) is 3.29. The van der Waals surface area contributed by atoms with Gasteiger partial charge in [-0.1, -0.05) is 48.5 Å². The van der Waals surface area contributed by atoms with E-state index in [1.165, 1.54) is 6.92 Å². The Hall–Kier alpha value is -3.56. The zero-order valence-electron chi connectivity index (χ0n) is 17.0. The van der Waals surface area contributed by atoms with Crippen LogP contribution in [0.2, 0.25) is 0 Å². The zero-order valence-corrected chi connectivity index (χ0v) is 17.0. The average Bonchev–Trinajstić information content (AvgIpc) is 3.05. The second-order valence-electron chi connectivity index (χ2n) is 7.37. The van der Waals surface area contributed by atoms with Crippen LogP contribution in [0.5, 0.6) is 0 Å². The summed E-state index contributed by atoms with van der Waals surface area (Å²) in [6, 6.07) is 14.2. The van der Waals surface area contributed by atoms with Crippen LogP contribution in [0.1, 0.15) is 24.0 Å². The van der Waals surface area contributed by atoms with Gasteiger partial charge in [-0.3, -0.25) is 9.59 Å². The highest BCUT2D eigenvalue weighted by Crippen LogP contribution is 2.44. The van der Waals surface area contributed by atoms with Crippen LogP contribution in [-0.4, -0.2) is 48.4 Å². The summed E-state index contributed by atoms with van der Waals surface area (Å²) in [5, 5.41) is 12.8. The molecule has 2 aromatic rings. The summed E-state index contributed by atoms with van der Waals surface area (Å²) in [5.41, 5.74) is 4.09. The lowest BCUT2D eigenvalue weighted by Crippen LogP contribution is -2.48. The maximum Gasteiger partial charge on any atom is 0.407 e. The molecule has 0 aromatic heterocycles. The van der Waals surface area contributed by atoms with Gasteiger partial charge in [0, 0.05) is 12.5 Å². The molecular weight excluding hydrogens is 429 g/mol. The van der Waals surface area contributed by atoms with Gasteiger partial charge in [-0.25, -0.2) is 4.79 Å². The smallest absolute Gasteiger partial charge is 0.407 e. The Morgan fingerprint density at radius 1 is 1.03 bits per heavy atom. The van der Waals surface area contributed by atoms with E-state index in [9.17, 15) is 27.6 Å². The van der Waals surface area contributed by atoms with Gasteiger partial charge in [0.2, 0.25) is 5.91 Å². The van der Waals surface area contributed by atoms with Crippen LogP contribution in [0.3, 0.4) is 0 Å². The Balaban J connectivity index is 1.55. The summed E-state index contributed by atoms with van der Waals surface area (Å²) in [6.45, 7) is 0.109. The number of carboxylic acids is 1. The standard InChI is InChI=1S/C22H21F3N2O5/c1-12(19(28)26-10-18(20(29)30)22(23,24)25)27-21(31)32-11-17-15-8-4-2-6-13(15)14-7-3-5-9-16(14)17/h2-9,12,17-18H,10-11H2,1H3,(H,26,28)(H,27,31)(H,29,30)/t12-,18?/m1/s1. The van der Waals surface area contributed by atoms with Crippen LogP contribution in [0, 0.1) is 5.92 Å². The molecule has 32 heavy (non-hydrogen) atoms. The Morgan fingerprint density at radius 2 is 1.56 bits per heavy atom. The number of ether oxygens (including phenoxy) is 1. The number of nitrogens with one attached hydrogen (secondary N) is 2. The number of carbonyl (C=O) groups is 3. The van der Waals surface area contributed by atoms with E-state index in [0.717, 1.165) is 22.3 Å². The van der Waals surface area contributed by atoms with Gasteiger partial charge in [-0.05, 0) is 29.2 Å². The van der Waals surface area contributed by atoms with E-state index >= 15 is 0 Å². The molecule has 0 heterocycles. The van der Waals surface area contributed by atoms with Crippen molar-refractivity contribution >= 4 is 18.0 Å². The molecule has 2 atom stereocenters. The minimum Gasteiger partial charge on any atom is -0.481 e. The first-order valence-electron chi connectivity index (χ1n) is 9.78. The van der Waals surface area contributed by atoms with E-state index in [1.54, 1.807) is 0 Å². The second-order valence-corrected chi connectivity index (χ2v) is 7.37. The van der Waals surface area contributed by atoms with Crippen molar-refractivity contribution in [2.45, 2.75) is 25.1 Å². The fraction of sp³-hybridized carbons (Fsp3) is 0.318. The maximum absolute atomic E-state index is 12.7. The molecule has 0 spiro atoms. The van der Waals surface area contributed by atoms with Crippen LogP contribution in [0.4, 0.5) is 18.0 Å². The van der Waals surface area contributed by atoms with E-state index in [4.69, 9.17) is 9.84 Å². The van der Waals surface area contributed by atoms with E-state index in [-0.39, 0.29) is 12.5 Å². The van der Waals surface area contributed by atoms with E-state index in [2.05, 4.69) is 5.32 Å². The van der Waals surface area contributed by atoms with E-state index in [1.807, 2.05) is 53.8 Å². The Morgan fingerprint density at radius 3 is 2.06 bits per heavy atom. The topological polar surface area (TPSA) is 105 Å². The number of rotatable bonds is 7. The first kappa shape index (κ1) is 23.1. The lowest BCUT2D eigenvalue weighted by molar-refractivity contribution is -0.192. The van der Waals surface area contributed by atoms with Crippen molar-refractivity contribution in [1.82, 2.24) is 10.6 Å². The number of hydrogen-bond acceptors (Lipinski definition) is 4. The van der Waals surface area contributed by atoms with Crippen LogP contribution in [0.15, 0.2) is 48.5 Å². The molecule has 0 fully saturated rings. The monoisotopic (exact) mass is 450 g/mol. The molecule has 0 radical (unpaired) electrons. The van der Waals surface area contributed by atoms with E-state index < -0.39 is 42.7 Å². The lowest BCUT2D eigenvalue weighted by Gasteiger charge is -2.19. The molecule has 0 saturated heterocycles. The maximum atomic E-state index is 12.7. The van der Waals surface area contributed by atoms with Crippen LogP contribution in [-0.2, 0) is 14.3 Å². The van der Waals surface area contributed by atoms with Gasteiger partial charge in [0.15, 0.2) is 5.92 Å². The number of carbonyl (C=O) groups excluding carboxylic acids is 2. The number of benzene rings is 2. The molecule has 2 amide bonds. The summed E-state index contributed by atoms with van der Waals surface area (Å²) in [7, 11) is 0. The molecule has 10 heteroatoms. The number of fused-ring (bicyclic) bond motifs is 3. The fourth-order valence-corrected chi connectivity index (χ4v) is 3.58. The van der Waals surface area contributed by atoms with Crippen molar-refractivity contribution in [3.05, 3.63) is 59.7 Å². The Bertz CT molecular complexity index is 979. The molecule has 0 saturated carbocycles. The lowest BCUT2D eigenvalue weighted by atomic mass is 9.98. The van der Waals surface area contributed by atoms with Crippen molar-refractivity contribution < 1.29 is 37.4 Å². The van der Waals surface area contributed by atoms with Gasteiger partial charge in [0.05, 0.1) is 0 Å². The third-order valence-corrected chi connectivity index (χ3v) is 5.24. The minimum absolute atomic E-state index is 0.00333. The van der Waals surface area contributed by atoms with Gasteiger partial charge in [-0.2, -0.15) is 13.2 Å². The molecule has 3 rings (SSSR count). The highest BCUT2D eigenvalue weighted by atomic mass is 19.4. The first-order valence-corrected chi connectivity index (χ1v) is 9.78. The Labute approximate surface area is 181 Å². The van der Waals surface area contributed by atoms with Gasteiger partial charge in [0.25, 0.3) is 0 Å². The summed E-state index contributed by atoms with van der Waals surface area (Å²) < 4.78 is 43.3. The van der Waals surface area contributed by atoms with Gasteiger partial charge < -0.3 is 20.5 Å². The first-order chi connectivity index (χ1) is 15.1. The number of amides is 2. The summed E-state index contributed by atoms with van der Waals surface area (Å²) in [4.78, 5) is 34.9. The summed E-state index contributed by atoms with van der Waals surface area (Å²) in [5.74, 6) is -6.00. The number of aliphatic carboxylic acids is 1. The molecule has 2 aromatic carbocycles. The molecular formula is C22H21F3N2O5. The second kappa shape index (κ2) is 9.29. The molecule has 3 N–H and O–H groups in total.